The minimum atomic E-state index is -4.76. The summed E-state index contributed by atoms with van der Waals surface area (Å²) in [5.74, 6) is -3.04. The summed E-state index contributed by atoms with van der Waals surface area (Å²) >= 11 is 0. The van der Waals surface area contributed by atoms with Crippen LogP contribution in [-0.2, 0) is 37.8 Å². The van der Waals surface area contributed by atoms with E-state index >= 15 is 0 Å². The maximum Gasteiger partial charge on any atom is 0.342 e. The van der Waals surface area contributed by atoms with Crippen LogP contribution in [0.1, 0.15) is 47.0 Å². The van der Waals surface area contributed by atoms with E-state index in [1.165, 1.54) is 21.0 Å². The molecular formula is C18H31O10P. The van der Waals surface area contributed by atoms with Crippen molar-refractivity contribution in [1.29, 1.82) is 0 Å². The molecule has 0 aromatic heterocycles. The number of ether oxygens (including phenoxy) is 5. The van der Waals surface area contributed by atoms with E-state index in [4.69, 9.17) is 23.7 Å². The first kappa shape index (κ1) is 24.4. The van der Waals surface area contributed by atoms with E-state index in [-0.39, 0.29) is 38.4 Å². The molecule has 10 nitrogen and oxygen atoms in total. The molecule has 0 amide bonds. The van der Waals surface area contributed by atoms with Crippen LogP contribution in [0.15, 0.2) is 0 Å². The summed E-state index contributed by atoms with van der Waals surface area (Å²) in [6.45, 7) is 6.08. The third-order valence-electron chi connectivity index (χ3n) is 5.64. The van der Waals surface area contributed by atoms with Crippen molar-refractivity contribution < 1.29 is 47.6 Å². The summed E-state index contributed by atoms with van der Waals surface area (Å²) in [6, 6.07) is 0. The zero-order chi connectivity index (χ0) is 22.0. The molecule has 11 heteroatoms. The van der Waals surface area contributed by atoms with Crippen molar-refractivity contribution in [1.82, 2.24) is 0 Å². The molecule has 4 unspecified atom stereocenters. The second-order valence-corrected chi connectivity index (χ2v) is 9.78. The van der Waals surface area contributed by atoms with Gasteiger partial charge in [0.05, 0.1) is 12.0 Å². The first-order valence-electron chi connectivity index (χ1n) is 9.64. The van der Waals surface area contributed by atoms with Crippen LogP contribution in [0, 0.1) is 5.92 Å². The van der Waals surface area contributed by atoms with Crippen LogP contribution in [0.4, 0.5) is 0 Å². The second kappa shape index (κ2) is 9.09. The lowest BCUT2D eigenvalue weighted by atomic mass is 9.82. The average Bonchev–Trinajstić information content (AvgIpc) is 2.94. The van der Waals surface area contributed by atoms with E-state index in [0.29, 0.717) is 0 Å². The van der Waals surface area contributed by atoms with Gasteiger partial charge in [0.15, 0.2) is 10.9 Å². The minimum Gasteiger partial charge on any atom is -0.464 e. The summed E-state index contributed by atoms with van der Waals surface area (Å²) in [5.41, 5.74) is 0. The summed E-state index contributed by atoms with van der Waals surface area (Å²) in [4.78, 5) is 44.7. The lowest BCUT2D eigenvalue weighted by molar-refractivity contribution is -0.171. The Balaban J connectivity index is 2.17. The average molecular weight is 438 g/mol. The molecule has 0 spiro atoms. The van der Waals surface area contributed by atoms with Gasteiger partial charge in [0, 0.05) is 13.5 Å². The van der Waals surface area contributed by atoms with Crippen LogP contribution < -0.4 is 0 Å². The van der Waals surface area contributed by atoms with E-state index in [2.05, 4.69) is 0 Å². The number of rotatable bonds is 9. The number of carbonyl (C=O) groups is 2. The summed E-state index contributed by atoms with van der Waals surface area (Å²) in [5, 5.41) is -1.93. The lowest BCUT2D eigenvalue weighted by Gasteiger charge is -2.36. The quantitative estimate of drug-likeness (QED) is 0.308. The van der Waals surface area contributed by atoms with Gasteiger partial charge in [-0.2, -0.15) is 0 Å². The predicted molar refractivity (Wildman–Crippen MR) is 100 cm³/mol. The Morgan fingerprint density at radius 2 is 1.83 bits per heavy atom. The Labute approximate surface area is 170 Å². The van der Waals surface area contributed by atoms with Crippen LogP contribution >= 0.6 is 7.60 Å². The monoisotopic (exact) mass is 438 g/mol. The van der Waals surface area contributed by atoms with Crippen LogP contribution in [0.25, 0.3) is 0 Å². The van der Waals surface area contributed by atoms with Crippen LogP contribution in [0.2, 0.25) is 0 Å². The number of ketones is 1. The van der Waals surface area contributed by atoms with Gasteiger partial charge >= 0.3 is 13.6 Å². The molecule has 0 bridgehead atoms. The molecule has 0 aromatic rings. The second-order valence-electron chi connectivity index (χ2n) is 7.83. The van der Waals surface area contributed by atoms with Crippen molar-refractivity contribution in [2.45, 2.75) is 76.2 Å². The van der Waals surface area contributed by atoms with Gasteiger partial charge in [0.1, 0.15) is 31.4 Å². The molecule has 0 aromatic carbocycles. The van der Waals surface area contributed by atoms with E-state index < -0.39 is 48.7 Å². The first-order chi connectivity index (χ1) is 13.4. The maximum atomic E-state index is 12.7. The fourth-order valence-electron chi connectivity index (χ4n) is 3.93. The molecule has 2 aliphatic rings. The zero-order valence-corrected chi connectivity index (χ0v) is 18.3. The van der Waals surface area contributed by atoms with E-state index in [1.54, 1.807) is 13.8 Å². The Morgan fingerprint density at radius 1 is 1.24 bits per heavy atom. The van der Waals surface area contributed by atoms with Gasteiger partial charge in [0.25, 0.3) is 0 Å². The number of hydrogen-bond donors (Lipinski definition) is 2. The summed E-state index contributed by atoms with van der Waals surface area (Å²) < 4.78 is 39.4. The van der Waals surface area contributed by atoms with E-state index in [9.17, 15) is 23.9 Å². The first-order valence-corrected chi connectivity index (χ1v) is 11.3. The Morgan fingerprint density at radius 3 is 2.34 bits per heavy atom. The van der Waals surface area contributed by atoms with Gasteiger partial charge in [-0.3, -0.25) is 14.2 Å². The highest BCUT2D eigenvalue weighted by Crippen LogP contribution is 2.55. The van der Waals surface area contributed by atoms with Crippen LogP contribution in [0.3, 0.4) is 0 Å². The van der Waals surface area contributed by atoms with Crippen molar-refractivity contribution in [2.75, 3.05) is 20.5 Å². The summed E-state index contributed by atoms with van der Waals surface area (Å²) in [6.07, 6.45) is -1.99. The van der Waals surface area contributed by atoms with Crippen LogP contribution in [0.5, 0.6) is 0 Å². The van der Waals surface area contributed by atoms with Gasteiger partial charge in [0.2, 0.25) is 0 Å². The van der Waals surface area contributed by atoms with E-state index in [1.807, 2.05) is 0 Å². The highest BCUT2D eigenvalue weighted by atomic mass is 31.2. The topological polar surface area (TPSA) is 138 Å². The molecule has 2 rings (SSSR count). The fourth-order valence-corrected chi connectivity index (χ4v) is 5.06. The molecule has 29 heavy (non-hydrogen) atoms. The number of fused-ring (bicyclic) bond motifs is 1. The van der Waals surface area contributed by atoms with Gasteiger partial charge in [-0.25, -0.2) is 0 Å². The number of Topliss-reactive ketones (excluding diaryl/α,β-unsaturated/α-hetero) is 1. The minimum absolute atomic E-state index is 0.0115. The Hall–Kier alpha value is -0.870. The van der Waals surface area contributed by atoms with Crippen molar-refractivity contribution in [3.8, 4) is 0 Å². The molecule has 2 fully saturated rings. The molecular weight excluding hydrogens is 407 g/mol. The molecule has 1 aliphatic carbocycles. The fraction of sp³-hybridized carbons (Fsp3) is 0.889. The van der Waals surface area contributed by atoms with E-state index in [0.717, 1.165) is 0 Å². The van der Waals surface area contributed by atoms with Gasteiger partial charge < -0.3 is 33.5 Å². The smallest absolute Gasteiger partial charge is 0.342 e. The Kier molecular flexibility index (Phi) is 7.65. The highest BCUT2D eigenvalue weighted by Gasteiger charge is 2.56. The maximum absolute atomic E-state index is 12.7. The molecule has 1 saturated carbocycles. The van der Waals surface area contributed by atoms with Crippen molar-refractivity contribution in [2.24, 2.45) is 5.92 Å². The normalized spacial score (nSPS) is 29.6. The highest BCUT2D eigenvalue weighted by molar-refractivity contribution is 7.54. The molecule has 2 N–H and O–H groups in total. The lowest BCUT2D eigenvalue weighted by Crippen LogP contribution is -2.52. The third kappa shape index (κ3) is 4.90. The molecule has 1 heterocycles. The SMILES string of the molecule is CCC(CC)(C(=O)OCC1C(=O)CC(OCOC)C2OC(C)(C)OC12)P(=O)(O)O. The molecule has 4 atom stereocenters. The molecule has 1 aliphatic heterocycles. The van der Waals surface area contributed by atoms with Crippen molar-refractivity contribution in [3.05, 3.63) is 0 Å². The zero-order valence-electron chi connectivity index (χ0n) is 17.5. The molecule has 0 radical (unpaired) electrons. The summed E-state index contributed by atoms with van der Waals surface area (Å²) in [7, 11) is -3.30. The van der Waals surface area contributed by atoms with Crippen molar-refractivity contribution >= 4 is 19.3 Å². The largest absolute Gasteiger partial charge is 0.464 e. The number of methoxy groups -OCH3 is 1. The van der Waals surface area contributed by atoms with Crippen molar-refractivity contribution in [3.63, 3.8) is 0 Å². The van der Waals surface area contributed by atoms with Gasteiger partial charge in [-0.05, 0) is 26.7 Å². The number of carbonyl (C=O) groups excluding carboxylic acids is 2. The van der Waals surface area contributed by atoms with Gasteiger partial charge in [-0.15, -0.1) is 0 Å². The third-order valence-corrected chi connectivity index (χ3v) is 7.57. The Bertz CT molecular complexity index is 653. The van der Waals surface area contributed by atoms with Crippen LogP contribution in [-0.4, -0.2) is 71.3 Å². The van der Waals surface area contributed by atoms with Gasteiger partial charge in [-0.1, -0.05) is 13.8 Å². The molecule has 168 valence electrons. The number of esters is 1. The predicted octanol–water partition coefficient (Wildman–Crippen LogP) is 1.36. The number of hydrogen-bond acceptors (Lipinski definition) is 8. The molecule has 1 saturated heterocycles. The standard InChI is InChI=1S/C18H31O10P/c1-6-18(7-2,29(21,22)23)16(20)25-9-11-12(19)8-13(26-10-24-5)15-14(11)27-17(3,4)28-15/h11,13-15H,6-10H2,1-5H3,(H2,21,22,23).